The first-order chi connectivity index (χ1) is 8.80. The third-order valence-electron chi connectivity index (χ3n) is 4.49. The molecule has 1 aromatic heterocycles. The van der Waals surface area contributed by atoms with E-state index in [1.807, 2.05) is 27.7 Å². The van der Waals surface area contributed by atoms with E-state index >= 15 is 0 Å². The second kappa shape index (κ2) is 3.96. The Labute approximate surface area is 113 Å². The Hall–Kier alpha value is -1.07. The Kier molecular flexibility index (Phi) is 2.70. The molecule has 1 saturated heterocycles. The third-order valence-corrected chi connectivity index (χ3v) is 4.49. The van der Waals surface area contributed by atoms with Gasteiger partial charge in [-0.3, -0.25) is 4.79 Å². The number of aromatic nitrogens is 1. The molecule has 0 amide bonds. The van der Waals surface area contributed by atoms with Crippen molar-refractivity contribution in [2.45, 2.75) is 57.7 Å². The molecule has 1 aliphatic carbocycles. The van der Waals surface area contributed by atoms with Gasteiger partial charge in [0, 0.05) is 23.4 Å². The maximum atomic E-state index is 12.2. The summed E-state index contributed by atoms with van der Waals surface area (Å²) in [7, 11) is -0.581. The van der Waals surface area contributed by atoms with Crippen molar-refractivity contribution < 1.29 is 9.31 Å². The number of H-pyrrole nitrogens is 1. The summed E-state index contributed by atoms with van der Waals surface area (Å²) in [6.07, 6.45) is 4.09. The highest BCUT2D eigenvalue weighted by Gasteiger charge is 2.52. The monoisotopic (exact) mass is 261 g/mol. The molecule has 2 heterocycles. The normalized spacial score (nSPS) is 24.7. The number of nitrogens with one attached hydrogen (secondary N) is 1. The van der Waals surface area contributed by atoms with Crippen LogP contribution in [0.15, 0.2) is 17.1 Å². The van der Waals surface area contributed by atoms with Gasteiger partial charge < -0.3 is 14.3 Å². The zero-order valence-electron chi connectivity index (χ0n) is 11.9. The first-order valence-electron chi connectivity index (χ1n) is 6.88. The van der Waals surface area contributed by atoms with Crippen molar-refractivity contribution >= 4 is 12.6 Å². The molecule has 0 bridgehead atoms. The standard InChI is InChI=1S/C14H20BNO3/c1-13(2)14(3,4)19-15(18-13)10-8-16-11(7-12(10)17)9-5-6-9/h7-9H,5-6H2,1-4H3,(H,16,17). The average molecular weight is 261 g/mol. The molecule has 3 rings (SSSR count). The molecule has 0 unspecified atom stereocenters. The molecule has 0 radical (unpaired) electrons. The highest BCUT2D eigenvalue weighted by molar-refractivity contribution is 6.61. The minimum Gasteiger partial charge on any atom is -0.399 e. The van der Waals surface area contributed by atoms with Crippen LogP contribution in [0, 0.1) is 0 Å². The Morgan fingerprint density at radius 2 is 1.79 bits per heavy atom. The van der Waals surface area contributed by atoms with Crippen LogP contribution < -0.4 is 10.9 Å². The van der Waals surface area contributed by atoms with E-state index in [9.17, 15) is 4.79 Å². The predicted molar refractivity (Wildman–Crippen MR) is 74.8 cm³/mol. The SMILES string of the molecule is CC1(C)OB(c2c[nH]c(C3CC3)cc2=O)OC1(C)C. The van der Waals surface area contributed by atoms with E-state index in [1.54, 1.807) is 12.3 Å². The predicted octanol–water partition coefficient (Wildman–Crippen LogP) is 1.55. The van der Waals surface area contributed by atoms with Gasteiger partial charge >= 0.3 is 7.12 Å². The topological polar surface area (TPSA) is 51.3 Å². The molecule has 102 valence electrons. The highest BCUT2D eigenvalue weighted by Crippen LogP contribution is 2.38. The van der Waals surface area contributed by atoms with Crippen molar-refractivity contribution in [1.82, 2.24) is 4.98 Å². The quantitative estimate of drug-likeness (QED) is 0.822. The molecule has 0 aromatic carbocycles. The minimum atomic E-state index is -0.581. The van der Waals surface area contributed by atoms with E-state index in [-0.39, 0.29) is 5.43 Å². The van der Waals surface area contributed by atoms with Gasteiger partial charge in [0.1, 0.15) is 0 Å². The first-order valence-corrected chi connectivity index (χ1v) is 6.88. The first kappa shape index (κ1) is 12.9. The van der Waals surface area contributed by atoms with E-state index in [2.05, 4.69) is 4.98 Å². The van der Waals surface area contributed by atoms with E-state index in [4.69, 9.17) is 9.31 Å². The van der Waals surface area contributed by atoms with Crippen LogP contribution in [-0.4, -0.2) is 23.3 Å². The van der Waals surface area contributed by atoms with Crippen LogP contribution in [0.25, 0.3) is 0 Å². The van der Waals surface area contributed by atoms with Gasteiger partial charge in [0.25, 0.3) is 0 Å². The fourth-order valence-electron chi connectivity index (χ4n) is 2.28. The van der Waals surface area contributed by atoms with Gasteiger partial charge in [0.2, 0.25) is 0 Å². The van der Waals surface area contributed by atoms with E-state index in [0.717, 1.165) is 5.69 Å². The van der Waals surface area contributed by atoms with Crippen LogP contribution in [0.2, 0.25) is 0 Å². The van der Waals surface area contributed by atoms with E-state index in [1.165, 1.54) is 12.8 Å². The average Bonchev–Trinajstić information content (AvgIpc) is 3.07. The summed E-state index contributed by atoms with van der Waals surface area (Å²) in [5.74, 6) is 0.542. The molecule has 4 nitrogen and oxygen atoms in total. The third kappa shape index (κ3) is 2.15. The zero-order chi connectivity index (χ0) is 13.8. The smallest absolute Gasteiger partial charge is 0.399 e. The van der Waals surface area contributed by atoms with Crippen LogP contribution in [0.1, 0.15) is 52.1 Å². The van der Waals surface area contributed by atoms with Crippen molar-refractivity contribution in [2.24, 2.45) is 0 Å². The zero-order valence-corrected chi connectivity index (χ0v) is 11.9. The molecule has 1 saturated carbocycles. The van der Waals surface area contributed by atoms with Crippen molar-refractivity contribution in [3.63, 3.8) is 0 Å². The Morgan fingerprint density at radius 3 is 2.26 bits per heavy atom. The van der Waals surface area contributed by atoms with Gasteiger partial charge in [0.15, 0.2) is 5.43 Å². The summed E-state index contributed by atoms with van der Waals surface area (Å²) in [6.45, 7) is 7.94. The number of hydrogen-bond acceptors (Lipinski definition) is 3. The minimum absolute atomic E-state index is 0.000787. The van der Waals surface area contributed by atoms with Gasteiger partial charge in [-0.2, -0.15) is 0 Å². The molecule has 5 heteroatoms. The second-order valence-corrected chi connectivity index (χ2v) is 6.57. The lowest BCUT2D eigenvalue weighted by atomic mass is 9.80. The maximum Gasteiger partial charge on any atom is 0.500 e. The lowest BCUT2D eigenvalue weighted by Crippen LogP contribution is -2.43. The second-order valence-electron chi connectivity index (χ2n) is 6.57. The Bertz CT molecular complexity index is 544. The molecule has 1 aliphatic heterocycles. The van der Waals surface area contributed by atoms with Crippen LogP contribution in [0.3, 0.4) is 0 Å². The van der Waals surface area contributed by atoms with Crippen molar-refractivity contribution in [1.29, 1.82) is 0 Å². The van der Waals surface area contributed by atoms with Gasteiger partial charge in [-0.25, -0.2) is 0 Å². The number of hydrogen-bond donors (Lipinski definition) is 1. The molecule has 0 spiro atoms. The summed E-state index contributed by atoms with van der Waals surface area (Å²) < 4.78 is 11.8. The molecule has 2 fully saturated rings. The van der Waals surface area contributed by atoms with Gasteiger partial charge in [-0.15, -0.1) is 0 Å². The summed E-state index contributed by atoms with van der Waals surface area (Å²) in [4.78, 5) is 15.4. The molecule has 0 atom stereocenters. The number of rotatable bonds is 2. The van der Waals surface area contributed by atoms with Crippen LogP contribution in [0.4, 0.5) is 0 Å². The maximum absolute atomic E-state index is 12.2. The summed E-state index contributed by atoms with van der Waals surface area (Å²) >= 11 is 0. The van der Waals surface area contributed by atoms with Gasteiger partial charge in [-0.1, -0.05) is 0 Å². The summed E-state index contributed by atoms with van der Waals surface area (Å²) in [6, 6.07) is 1.69. The summed E-state index contributed by atoms with van der Waals surface area (Å²) in [5.41, 5.74) is 0.755. The van der Waals surface area contributed by atoms with Crippen LogP contribution in [-0.2, 0) is 9.31 Å². The highest BCUT2D eigenvalue weighted by atomic mass is 16.7. The van der Waals surface area contributed by atoms with Crippen LogP contribution in [0.5, 0.6) is 0 Å². The van der Waals surface area contributed by atoms with Gasteiger partial charge in [0.05, 0.1) is 11.2 Å². The molecule has 19 heavy (non-hydrogen) atoms. The van der Waals surface area contributed by atoms with Crippen molar-refractivity contribution in [2.75, 3.05) is 0 Å². The largest absolute Gasteiger partial charge is 0.500 e. The van der Waals surface area contributed by atoms with E-state index < -0.39 is 18.3 Å². The molecule has 2 aliphatic rings. The lowest BCUT2D eigenvalue weighted by molar-refractivity contribution is 0.00578. The molecular weight excluding hydrogens is 241 g/mol. The number of aromatic amines is 1. The van der Waals surface area contributed by atoms with Gasteiger partial charge in [-0.05, 0) is 46.5 Å². The summed E-state index contributed by atoms with van der Waals surface area (Å²) in [5, 5.41) is 0. The molecule has 1 aromatic rings. The molecule has 1 N–H and O–H groups in total. The fourth-order valence-corrected chi connectivity index (χ4v) is 2.28. The van der Waals surface area contributed by atoms with E-state index in [0.29, 0.717) is 11.4 Å². The van der Waals surface area contributed by atoms with Crippen LogP contribution >= 0.6 is 0 Å². The molecular formula is C14H20BNO3. The Morgan fingerprint density at radius 1 is 1.21 bits per heavy atom. The van der Waals surface area contributed by atoms with Crippen molar-refractivity contribution in [3.8, 4) is 0 Å². The lowest BCUT2D eigenvalue weighted by Gasteiger charge is -2.32. The fraction of sp³-hybridized carbons (Fsp3) is 0.643. The Balaban J connectivity index is 1.90. The van der Waals surface area contributed by atoms with Crippen molar-refractivity contribution in [3.05, 3.63) is 28.2 Å². The number of pyridine rings is 1.